The van der Waals surface area contributed by atoms with Crippen LogP contribution in [-0.2, 0) is 25.7 Å². The molecular formula is C33H45N3O6. The molecular weight excluding hydrogens is 534 g/mol. The Morgan fingerprint density at radius 1 is 0.976 bits per heavy atom. The number of unbranched alkanes of at least 4 members (excludes halogenated alkanes) is 2. The van der Waals surface area contributed by atoms with Crippen LogP contribution in [0.1, 0.15) is 93.3 Å². The van der Waals surface area contributed by atoms with Crippen LogP contribution >= 0.6 is 0 Å². The second-order valence-corrected chi connectivity index (χ2v) is 11.3. The molecule has 2 aromatic rings. The van der Waals surface area contributed by atoms with Gasteiger partial charge in [0, 0.05) is 49.6 Å². The average molecular weight is 580 g/mol. The van der Waals surface area contributed by atoms with Gasteiger partial charge in [-0.05, 0) is 48.9 Å². The Morgan fingerprint density at radius 3 is 2.40 bits per heavy atom. The summed E-state index contributed by atoms with van der Waals surface area (Å²) in [6, 6.07) is 16.0. The van der Waals surface area contributed by atoms with Gasteiger partial charge in [0.1, 0.15) is 0 Å². The molecule has 1 aliphatic heterocycles. The first-order chi connectivity index (χ1) is 20.5. The molecule has 228 valence electrons. The summed E-state index contributed by atoms with van der Waals surface area (Å²) in [6.07, 6.45) is 9.33. The van der Waals surface area contributed by atoms with Crippen LogP contribution in [0.3, 0.4) is 0 Å². The molecule has 2 aliphatic rings. The maximum absolute atomic E-state index is 12.6. The van der Waals surface area contributed by atoms with Crippen molar-refractivity contribution < 1.29 is 29.4 Å². The van der Waals surface area contributed by atoms with Crippen LogP contribution in [0.5, 0.6) is 0 Å². The van der Waals surface area contributed by atoms with Gasteiger partial charge in [0.05, 0.1) is 18.8 Å². The predicted molar refractivity (Wildman–Crippen MR) is 161 cm³/mol. The van der Waals surface area contributed by atoms with Gasteiger partial charge in [-0.3, -0.25) is 19.7 Å². The van der Waals surface area contributed by atoms with E-state index in [4.69, 9.17) is 14.7 Å². The van der Waals surface area contributed by atoms with Gasteiger partial charge < -0.3 is 19.9 Å². The van der Waals surface area contributed by atoms with Gasteiger partial charge in [-0.15, -0.1) is 6.58 Å². The summed E-state index contributed by atoms with van der Waals surface area (Å²) >= 11 is 0. The van der Waals surface area contributed by atoms with Gasteiger partial charge in [-0.1, -0.05) is 61.7 Å². The largest absolute Gasteiger partial charge is 0.392 e. The molecule has 4 N–H and O–H groups in total. The maximum atomic E-state index is 12.6. The molecule has 0 unspecified atom stereocenters. The molecule has 0 bridgehead atoms. The first kappa shape index (κ1) is 31.8. The summed E-state index contributed by atoms with van der Waals surface area (Å²) in [5.41, 5.74) is 5.03. The fourth-order valence-corrected chi connectivity index (χ4v) is 5.89. The van der Waals surface area contributed by atoms with Crippen molar-refractivity contribution in [3.05, 3.63) is 77.9 Å². The summed E-state index contributed by atoms with van der Waals surface area (Å²) in [7, 11) is 0. The molecule has 1 saturated carbocycles. The molecule has 0 spiro atoms. The molecule has 1 aliphatic carbocycles. The molecule has 0 radical (unpaired) electrons. The zero-order chi connectivity index (χ0) is 29.7. The van der Waals surface area contributed by atoms with Crippen molar-refractivity contribution >= 4 is 17.5 Å². The van der Waals surface area contributed by atoms with Crippen LogP contribution < -0.4 is 10.8 Å². The van der Waals surface area contributed by atoms with E-state index < -0.39 is 12.2 Å². The fourth-order valence-electron chi connectivity index (χ4n) is 5.89. The highest BCUT2D eigenvalue weighted by molar-refractivity contribution is 5.90. The molecule has 1 heterocycles. The standard InChI is InChI=1S/C33H45N3O6/c1-2-19-36(28-11-6-7-12-28)22-29-21-30(25-17-15-24(23-37)16-18-25)42-33(41-29)26-9-8-10-27(20-26)34-31(38)13-4-3-5-14-32(39)35-40/h2,8-10,15-18,20,28-30,33,37,40H,1,3-7,11-14,19,21-23H2,(H,34,38)(H,35,39)/t29-,30+,33+/m0/s1. The first-order valence-corrected chi connectivity index (χ1v) is 15.2. The number of nitrogens with one attached hydrogen (secondary N) is 2. The molecule has 1 saturated heterocycles. The number of nitrogens with zero attached hydrogens (tertiary/aromatic N) is 1. The molecule has 0 aromatic heterocycles. The Hall–Kier alpha value is -3.08. The lowest BCUT2D eigenvalue weighted by molar-refractivity contribution is -0.253. The lowest BCUT2D eigenvalue weighted by Gasteiger charge is -2.39. The highest BCUT2D eigenvalue weighted by Gasteiger charge is 2.34. The number of aliphatic hydroxyl groups excluding tert-OH is 1. The number of hydrogen-bond donors (Lipinski definition) is 4. The number of benzene rings is 2. The number of anilines is 1. The Labute approximate surface area is 248 Å². The van der Waals surface area contributed by atoms with E-state index in [0.29, 0.717) is 37.4 Å². The highest BCUT2D eigenvalue weighted by Crippen LogP contribution is 2.39. The second-order valence-electron chi connectivity index (χ2n) is 11.3. The molecule has 9 nitrogen and oxygen atoms in total. The van der Waals surface area contributed by atoms with E-state index in [1.54, 1.807) is 5.48 Å². The van der Waals surface area contributed by atoms with Crippen LogP contribution in [0.25, 0.3) is 0 Å². The molecule has 2 aromatic carbocycles. The SMILES string of the molecule is C=CCN(C[C@@H]1C[C@H](c2ccc(CO)cc2)O[C@H](c2cccc(NC(=O)CCCCCC(=O)NO)c2)O1)C1CCCC1. The minimum Gasteiger partial charge on any atom is -0.392 e. The summed E-state index contributed by atoms with van der Waals surface area (Å²) in [5.74, 6) is -0.511. The van der Waals surface area contributed by atoms with Gasteiger partial charge >= 0.3 is 0 Å². The number of ether oxygens (including phenoxy) is 2. The van der Waals surface area contributed by atoms with E-state index in [2.05, 4.69) is 16.8 Å². The number of amides is 2. The van der Waals surface area contributed by atoms with Gasteiger partial charge in [0.15, 0.2) is 6.29 Å². The number of hydroxylamine groups is 1. The molecule has 4 rings (SSSR count). The van der Waals surface area contributed by atoms with Gasteiger partial charge in [0.25, 0.3) is 0 Å². The third kappa shape index (κ3) is 9.47. The van der Waals surface area contributed by atoms with E-state index in [9.17, 15) is 14.7 Å². The quantitative estimate of drug-likeness (QED) is 0.0945. The second kappa shape index (κ2) is 16.5. The lowest BCUT2D eigenvalue weighted by Crippen LogP contribution is -2.43. The number of carbonyl (C=O) groups excluding carboxylic acids is 2. The number of hydrogen-bond acceptors (Lipinski definition) is 7. The molecule has 3 atom stereocenters. The monoisotopic (exact) mass is 579 g/mol. The van der Waals surface area contributed by atoms with Crippen LogP contribution in [0.4, 0.5) is 5.69 Å². The number of carbonyl (C=O) groups is 2. The minimum absolute atomic E-state index is 0.00253. The summed E-state index contributed by atoms with van der Waals surface area (Å²) in [4.78, 5) is 26.2. The Bertz CT molecular complexity index is 1150. The molecule has 2 fully saturated rings. The Morgan fingerprint density at radius 2 is 1.71 bits per heavy atom. The van der Waals surface area contributed by atoms with E-state index in [0.717, 1.165) is 36.2 Å². The van der Waals surface area contributed by atoms with Crippen molar-refractivity contribution in [3.8, 4) is 0 Å². The summed E-state index contributed by atoms with van der Waals surface area (Å²) < 4.78 is 13.1. The predicted octanol–water partition coefficient (Wildman–Crippen LogP) is 5.55. The van der Waals surface area contributed by atoms with E-state index in [-0.39, 0.29) is 31.1 Å². The third-order valence-electron chi connectivity index (χ3n) is 8.13. The Kier molecular flexibility index (Phi) is 12.5. The third-order valence-corrected chi connectivity index (χ3v) is 8.13. The zero-order valence-electron chi connectivity index (χ0n) is 24.4. The van der Waals surface area contributed by atoms with Crippen LogP contribution in [0.2, 0.25) is 0 Å². The van der Waals surface area contributed by atoms with Crippen molar-refractivity contribution in [1.82, 2.24) is 10.4 Å². The maximum Gasteiger partial charge on any atom is 0.243 e. The highest BCUT2D eigenvalue weighted by atomic mass is 16.7. The van der Waals surface area contributed by atoms with Crippen molar-refractivity contribution in [2.24, 2.45) is 0 Å². The average Bonchev–Trinajstić information content (AvgIpc) is 3.56. The van der Waals surface area contributed by atoms with Crippen LogP contribution in [0.15, 0.2) is 61.2 Å². The van der Waals surface area contributed by atoms with Gasteiger partial charge in [-0.25, -0.2) is 5.48 Å². The van der Waals surface area contributed by atoms with E-state index in [1.165, 1.54) is 25.7 Å². The minimum atomic E-state index is -0.602. The topological polar surface area (TPSA) is 120 Å². The Balaban J connectivity index is 1.43. The van der Waals surface area contributed by atoms with Gasteiger partial charge in [-0.2, -0.15) is 0 Å². The number of rotatable bonds is 15. The van der Waals surface area contributed by atoms with Gasteiger partial charge in [0.2, 0.25) is 11.8 Å². The molecule has 42 heavy (non-hydrogen) atoms. The van der Waals surface area contributed by atoms with Crippen molar-refractivity contribution in [2.45, 2.75) is 95.4 Å². The van der Waals surface area contributed by atoms with Crippen molar-refractivity contribution in [2.75, 3.05) is 18.4 Å². The lowest BCUT2D eigenvalue weighted by atomic mass is 9.99. The van der Waals surface area contributed by atoms with E-state index in [1.807, 2.05) is 54.6 Å². The van der Waals surface area contributed by atoms with Crippen LogP contribution in [-0.4, -0.2) is 52.3 Å². The molecule has 9 heteroatoms. The summed E-state index contributed by atoms with van der Waals surface area (Å²) in [5, 5.41) is 21.0. The zero-order valence-corrected chi connectivity index (χ0v) is 24.4. The van der Waals surface area contributed by atoms with Crippen molar-refractivity contribution in [1.29, 1.82) is 0 Å². The first-order valence-electron chi connectivity index (χ1n) is 15.2. The normalized spacial score (nSPS) is 20.9. The summed E-state index contributed by atoms with van der Waals surface area (Å²) in [6.45, 7) is 5.60. The number of aliphatic hydroxyl groups is 1. The van der Waals surface area contributed by atoms with Crippen LogP contribution in [0, 0.1) is 0 Å². The molecule has 2 amide bonds. The van der Waals surface area contributed by atoms with Crippen molar-refractivity contribution in [3.63, 3.8) is 0 Å². The fraction of sp³-hybridized carbons (Fsp3) is 0.515. The smallest absolute Gasteiger partial charge is 0.243 e. The van der Waals surface area contributed by atoms with E-state index >= 15 is 0 Å².